The zero-order valence-electron chi connectivity index (χ0n) is 11.4. The topological polar surface area (TPSA) is 0 Å². The average molecular weight is 247 g/mol. The first-order valence-electron chi connectivity index (χ1n) is 7.45. The molecule has 1 heteroatoms. The van der Waals surface area contributed by atoms with Crippen molar-refractivity contribution < 1.29 is 0 Å². The summed E-state index contributed by atoms with van der Waals surface area (Å²) in [5.41, 5.74) is 0. The zero-order chi connectivity index (χ0) is 12.1. The Morgan fingerprint density at radius 2 is 1.00 bits per heavy atom. The van der Waals surface area contributed by atoms with Crippen LogP contribution in [0, 0.1) is 0 Å². The SMILES string of the molecule is CCCCCCCC(Cl)CCCCCCC. The Kier molecular flexibility index (Phi) is 13.6. The smallest absolute Gasteiger partial charge is 0.0336 e. The minimum absolute atomic E-state index is 0.447. The maximum atomic E-state index is 6.31. The van der Waals surface area contributed by atoms with Gasteiger partial charge in [-0.3, -0.25) is 0 Å². The van der Waals surface area contributed by atoms with Crippen LogP contribution in [0.3, 0.4) is 0 Å². The number of hydrogen-bond donors (Lipinski definition) is 0. The van der Waals surface area contributed by atoms with Gasteiger partial charge in [0.1, 0.15) is 0 Å². The molecule has 0 heterocycles. The van der Waals surface area contributed by atoms with Gasteiger partial charge in [-0.15, -0.1) is 11.6 Å². The molecule has 0 rings (SSSR count). The molecule has 0 saturated carbocycles. The Bertz CT molecular complexity index is 109. The van der Waals surface area contributed by atoms with E-state index in [9.17, 15) is 0 Å². The van der Waals surface area contributed by atoms with Crippen molar-refractivity contribution in [3.63, 3.8) is 0 Å². The summed E-state index contributed by atoms with van der Waals surface area (Å²) in [5.74, 6) is 0. The molecule has 16 heavy (non-hydrogen) atoms. The van der Waals surface area contributed by atoms with Crippen LogP contribution in [0.5, 0.6) is 0 Å². The van der Waals surface area contributed by atoms with Crippen LogP contribution in [0.1, 0.15) is 90.9 Å². The highest BCUT2D eigenvalue weighted by atomic mass is 35.5. The fourth-order valence-corrected chi connectivity index (χ4v) is 2.39. The molecule has 0 bridgehead atoms. The summed E-state index contributed by atoms with van der Waals surface area (Å²) in [6.45, 7) is 4.53. The maximum Gasteiger partial charge on any atom is 0.0336 e. The predicted molar refractivity (Wildman–Crippen MR) is 76.4 cm³/mol. The maximum absolute atomic E-state index is 6.31. The molecule has 0 radical (unpaired) electrons. The zero-order valence-corrected chi connectivity index (χ0v) is 12.2. The lowest BCUT2D eigenvalue weighted by atomic mass is 10.0. The van der Waals surface area contributed by atoms with E-state index in [0.29, 0.717) is 5.38 Å². The van der Waals surface area contributed by atoms with Crippen molar-refractivity contribution in [3.05, 3.63) is 0 Å². The van der Waals surface area contributed by atoms with Crippen molar-refractivity contribution in [1.82, 2.24) is 0 Å². The van der Waals surface area contributed by atoms with Gasteiger partial charge >= 0.3 is 0 Å². The molecule has 0 aromatic rings. The summed E-state index contributed by atoms with van der Waals surface area (Å²) < 4.78 is 0. The molecule has 98 valence electrons. The largest absolute Gasteiger partial charge is 0.123 e. The van der Waals surface area contributed by atoms with E-state index in [0.717, 1.165) is 0 Å². The third kappa shape index (κ3) is 12.4. The number of hydrogen-bond acceptors (Lipinski definition) is 0. The third-order valence-corrected chi connectivity index (χ3v) is 3.68. The summed E-state index contributed by atoms with van der Waals surface area (Å²) >= 11 is 6.31. The number of rotatable bonds is 12. The molecule has 0 N–H and O–H groups in total. The first-order valence-corrected chi connectivity index (χ1v) is 7.89. The summed E-state index contributed by atoms with van der Waals surface area (Å²) in [4.78, 5) is 0. The summed E-state index contributed by atoms with van der Waals surface area (Å²) in [5, 5.41) is 0.447. The number of alkyl halides is 1. The second-order valence-electron chi connectivity index (χ2n) is 5.00. The van der Waals surface area contributed by atoms with Crippen LogP contribution < -0.4 is 0 Å². The highest BCUT2D eigenvalue weighted by molar-refractivity contribution is 6.20. The summed E-state index contributed by atoms with van der Waals surface area (Å²) in [6.07, 6.45) is 16.2. The second kappa shape index (κ2) is 13.4. The van der Waals surface area contributed by atoms with E-state index < -0.39 is 0 Å². The Balaban J connectivity index is 3.09. The van der Waals surface area contributed by atoms with Crippen LogP contribution in [0.15, 0.2) is 0 Å². The van der Waals surface area contributed by atoms with Gasteiger partial charge in [-0.1, -0.05) is 78.1 Å². The molecule has 0 amide bonds. The standard InChI is InChI=1S/C15H31Cl/c1-3-5-7-9-11-13-15(16)14-12-10-8-6-4-2/h15H,3-14H2,1-2H3. The van der Waals surface area contributed by atoms with E-state index in [1.54, 1.807) is 0 Å². The highest BCUT2D eigenvalue weighted by Crippen LogP contribution is 2.17. The van der Waals surface area contributed by atoms with Gasteiger partial charge in [-0.2, -0.15) is 0 Å². The molecular weight excluding hydrogens is 216 g/mol. The van der Waals surface area contributed by atoms with E-state index in [4.69, 9.17) is 11.6 Å². The molecule has 0 nitrogen and oxygen atoms in total. The molecule has 0 unspecified atom stereocenters. The van der Waals surface area contributed by atoms with Crippen LogP contribution in [-0.4, -0.2) is 5.38 Å². The van der Waals surface area contributed by atoms with Crippen molar-refractivity contribution in [2.24, 2.45) is 0 Å². The number of halogens is 1. The van der Waals surface area contributed by atoms with Gasteiger partial charge < -0.3 is 0 Å². The molecule has 0 spiro atoms. The minimum Gasteiger partial charge on any atom is -0.123 e. The van der Waals surface area contributed by atoms with Crippen molar-refractivity contribution in [2.75, 3.05) is 0 Å². The van der Waals surface area contributed by atoms with E-state index in [1.807, 2.05) is 0 Å². The molecule has 0 aromatic carbocycles. The van der Waals surface area contributed by atoms with Crippen LogP contribution in [0.25, 0.3) is 0 Å². The molecule has 0 aliphatic rings. The molecule has 0 saturated heterocycles. The van der Waals surface area contributed by atoms with Crippen LogP contribution in [-0.2, 0) is 0 Å². The van der Waals surface area contributed by atoms with E-state index in [2.05, 4.69) is 13.8 Å². The van der Waals surface area contributed by atoms with E-state index in [1.165, 1.54) is 77.0 Å². The first-order chi connectivity index (χ1) is 7.81. The van der Waals surface area contributed by atoms with Crippen LogP contribution in [0.2, 0.25) is 0 Å². The minimum atomic E-state index is 0.447. The highest BCUT2D eigenvalue weighted by Gasteiger charge is 2.03. The second-order valence-corrected chi connectivity index (χ2v) is 5.62. The lowest BCUT2D eigenvalue weighted by Gasteiger charge is -2.08. The van der Waals surface area contributed by atoms with Gasteiger partial charge in [0.15, 0.2) is 0 Å². The van der Waals surface area contributed by atoms with Gasteiger partial charge in [0.2, 0.25) is 0 Å². The van der Waals surface area contributed by atoms with Gasteiger partial charge in [-0.05, 0) is 12.8 Å². The van der Waals surface area contributed by atoms with Crippen molar-refractivity contribution >= 4 is 11.6 Å². The van der Waals surface area contributed by atoms with Crippen LogP contribution >= 0.6 is 11.6 Å². The molecule has 0 atom stereocenters. The van der Waals surface area contributed by atoms with Crippen LogP contribution in [0.4, 0.5) is 0 Å². The quantitative estimate of drug-likeness (QED) is 0.279. The van der Waals surface area contributed by atoms with Crippen molar-refractivity contribution in [3.8, 4) is 0 Å². The predicted octanol–water partition coefficient (Wildman–Crippen LogP) is 6.31. The normalized spacial score (nSPS) is 11.2. The summed E-state index contributed by atoms with van der Waals surface area (Å²) in [7, 11) is 0. The van der Waals surface area contributed by atoms with E-state index in [-0.39, 0.29) is 0 Å². The van der Waals surface area contributed by atoms with Crippen molar-refractivity contribution in [1.29, 1.82) is 0 Å². The van der Waals surface area contributed by atoms with Gasteiger partial charge in [0.05, 0.1) is 0 Å². The fraction of sp³-hybridized carbons (Fsp3) is 1.00. The van der Waals surface area contributed by atoms with Gasteiger partial charge in [0, 0.05) is 5.38 Å². The number of unbranched alkanes of at least 4 members (excludes halogenated alkanes) is 8. The Morgan fingerprint density at radius 1 is 0.625 bits per heavy atom. The molecule has 0 aliphatic heterocycles. The lowest BCUT2D eigenvalue weighted by Crippen LogP contribution is -1.98. The molecule has 0 aliphatic carbocycles. The van der Waals surface area contributed by atoms with E-state index >= 15 is 0 Å². The Labute approximate surface area is 108 Å². The average Bonchev–Trinajstić information content (AvgIpc) is 2.28. The Hall–Kier alpha value is 0.290. The molecular formula is C15H31Cl. The van der Waals surface area contributed by atoms with Gasteiger partial charge in [-0.25, -0.2) is 0 Å². The lowest BCUT2D eigenvalue weighted by molar-refractivity contribution is 0.547. The summed E-state index contributed by atoms with van der Waals surface area (Å²) in [6, 6.07) is 0. The fourth-order valence-electron chi connectivity index (χ4n) is 2.08. The monoisotopic (exact) mass is 246 g/mol. The van der Waals surface area contributed by atoms with Crippen molar-refractivity contribution in [2.45, 2.75) is 96.3 Å². The first kappa shape index (κ1) is 16.3. The third-order valence-electron chi connectivity index (χ3n) is 3.24. The van der Waals surface area contributed by atoms with Gasteiger partial charge in [0.25, 0.3) is 0 Å². The molecule has 0 fully saturated rings. The Morgan fingerprint density at radius 3 is 1.38 bits per heavy atom. The molecule has 0 aromatic heterocycles.